The Kier molecular flexibility index (Phi) is 5.15. The molecule has 0 bridgehead atoms. The molecule has 1 aromatic rings. The molecule has 0 saturated heterocycles. The van der Waals surface area contributed by atoms with Gasteiger partial charge in [-0.15, -0.1) is 0 Å². The van der Waals surface area contributed by atoms with Crippen LogP contribution in [0.3, 0.4) is 0 Å². The van der Waals surface area contributed by atoms with Crippen molar-refractivity contribution in [3.05, 3.63) is 29.3 Å². The molecule has 15 heavy (non-hydrogen) atoms. The van der Waals surface area contributed by atoms with Gasteiger partial charge in [-0.3, -0.25) is 0 Å². The number of anilines is 1. The topological polar surface area (TPSA) is 41.5 Å². The Labute approximate surface area is 91.1 Å². The lowest BCUT2D eigenvalue weighted by atomic mass is 10.1. The summed E-state index contributed by atoms with van der Waals surface area (Å²) in [6.45, 7) is 6.06. The molecule has 0 amide bonds. The third-order valence-corrected chi connectivity index (χ3v) is 2.18. The van der Waals surface area contributed by atoms with Gasteiger partial charge in [0, 0.05) is 12.2 Å². The van der Waals surface area contributed by atoms with Crippen LogP contribution in [0.4, 0.5) is 5.69 Å². The number of rotatable bonds is 6. The summed E-state index contributed by atoms with van der Waals surface area (Å²) in [5, 5.41) is 11.8. The number of benzene rings is 1. The van der Waals surface area contributed by atoms with Crippen molar-refractivity contribution < 1.29 is 9.84 Å². The molecule has 0 heterocycles. The van der Waals surface area contributed by atoms with Crippen molar-refractivity contribution in [3.8, 4) is 0 Å². The number of nitrogens with one attached hydrogen (secondary N) is 1. The first kappa shape index (κ1) is 12.0. The fraction of sp³-hybridized carbons (Fsp3) is 0.500. The van der Waals surface area contributed by atoms with Crippen LogP contribution in [0.15, 0.2) is 18.2 Å². The van der Waals surface area contributed by atoms with Crippen LogP contribution in [0, 0.1) is 13.8 Å². The maximum absolute atomic E-state index is 8.51. The second-order valence-corrected chi connectivity index (χ2v) is 3.58. The average Bonchev–Trinajstić information content (AvgIpc) is 2.20. The van der Waals surface area contributed by atoms with Gasteiger partial charge in [0.05, 0.1) is 19.8 Å². The predicted octanol–water partition coefficient (Wildman–Crippen LogP) is 1.72. The smallest absolute Gasteiger partial charge is 0.0698 e. The number of aryl methyl sites for hydroxylation is 2. The monoisotopic (exact) mass is 209 g/mol. The van der Waals surface area contributed by atoms with Gasteiger partial charge in [-0.25, -0.2) is 0 Å². The summed E-state index contributed by atoms with van der Waals surface area (Å²) in [5.41, 5.74) is 3.67. The van der Waals surface area contributed by atoms with E-state index in [-0.39, 0.29) is 6.61 Å². The van der Waals surface area contributed by atoms with Gasteiger partial charge in [0.15, 0.2) is 0 Å². The van der Waals surface area contributed by atoms with Gasteiger partial charge in [-0.1, -0.05) is 17.7 Å². The van der Waals surface area contributed by atoms with Crippen LogP contribution in [0.5, 0.6) is 0 Å². The number of hydrogen-bond acceptors (Lipinski definition) is 3. The Bertz CT molecular complexity index is 300. The molecule has 0 aliphatic rings. The van der Waals surface area contributed by atoms with E-state index in [1.54, 1.807) is 0 Å². The van der Waals surface area contributed by atoms with Gasteiger partial charge in [0.25, 0.3) is 0 Å². The number of aliphatic hydroxyl groups excluding tert-OH is 1. The van der Waals surface area contributed by atoms with Gasteiger partial charge < -0.3 is 15.2 Å². The summed E-state index contributed by atoms with van der Waals surface area (Å²) in [6, 6.07) is 6.32. The van der Waals surface area contributed by atoms with Gasteiger partial charge in [0.2, 0.25) is 0 Å². The molecular formula is C12H19NO2. The summed E-state index contributed by atoms with van der Waals surface area (Å²) in [4.78, 5) is 0. The molecule has 0 aromatic heterocycles. The van der Waals surface area contributed by atoms with Crippen molar-refractivity contribution in [2.45, 2.75) is 13.8 Å². The molecule has 2 N–H and O–H groups in total. The first-order valence-corrected chi connectivity index (χ1v) is 5.24. The molecule has 0 fully saturated rings. The SMILES string of the molecule is Cc1ccc(NCCOCCO)c(C)c1. The van der Waals surface area contributed by atoms with E-state index in [9.17, 15) is 0 Å². The Balaban J connectivity index is 2.31. The Hall–Kier alpha value is -1.06. The average molecular weight is 209 g/mol. The van der Waals surface area contributed by atoms with Gasteiger partial charge in [0.1, 0.15) is 0 Å². The molecular weight excluding hydrogens is 190 g/mol. The summed E-state index contributed by atoms with van der Waals surface area (Å²) < 4.78 is 5.16. The quantitative estimate of drug-likeness (QED) is 0.701. The van der Waals surface area contributed by atoms with Crippen molar-refractivity contribution in [2.24, 2.45) is 0 Å². The van der Waals surface area contributed by atoms with E-state index < -0.39 is 0 Å². The van der Waals surface area contributed by atoms with E-state index in [1.807, 2.05) is 0 Å². The Morgan fingerprint density at radius 1 is 1.27 bits per heavy atom. The first-order chi connectivity index (χ1) is 7.24. The lowest BCUT2D eigenvalue weighted by Crippen LogP contribution is -2.11. The zero-order chi connectivity index (χ0) is 11.1. The number of aliphatic hydroxyl groups is 1. The first-order valence-electron chi connectivity index (χ1n) is 5.24. The molecule has 0 unspecified atom stereocenters. The van der Waals surface area contributed by atoms with Crippen molar-refractivity contribution >= 4 is 5.69 Å². The van der Waals surface area contributed by atoms with Crippen molar-refractivity contribution in [2.75, 3.05) is 31.7 Å². The van der Waals surface area contributed by atoms with Gasteiger partial charge in [-0.2, -0.15) is 0 Å². The Morgan fingerprint density at radius 2 is 2.07 bits per heavy atom. The molecule has 0 spiro atoms. The molecule has 84 valence electrons. The van der Waals surface area contributed by atoms with Crippen molar-refractivity contribution in [1.82, 2.24) is 0 Å². The molecule has 3 nitrogen and oxygen atoms in total. The minimum Gasteiger partial charge on any atom is -0.394 e. The van der Waals surface area contributed by atoms with E-state index >= 15 is 0 Å². The molecule has 0 atom stereocenters. The highest BCUT2D eigenvalue weighted by Gasteiger charge is 1.96. The summed E-state index contributed by atoms with van der Waals surface area (Å²) in [7, 11) is 0. The van der Waals surface area contributed by atoms with E-state index in [0.29, 0.717) is 13.2 Å². The standard InChI is InChI=1S/C12H19NO2/c1-10-3-4-12(11(2)9-10)13-5-7-15-8-6-14/h3-4,9,13-14H,5-8H2,1-2H3. The molecule has 0 radical (unpaired) electrons. The zero-order valence-electron chi connectivity index (χ0n) is 9.42. The minimum atomic E-state index is 0.0869. The van der Waals surface area contributed by atoms with Crippen molar-refractivity contribution in [1.29, 1.82) is 0 Å². The highest BCUT2D eigenvalue weighted by Crippen LogP contribution is 2.15. The molecule has 1 aromatic carbocycles. The number of ether oxygens (including phenoxy) is 1. The predicted molar refractivity (Wildman–Crippen MR) is 62.3 cm³/mol. The van der Waals surface area contributed by atoms with Crippen LogP contribution in [0.1, 0.15) is 11.1 Å². The molecule has 0 aliphatic carbocycles. The third-order valence-electron chi connectivity index (χ3n) is 2.18. The largest absolute Gasteiger partial charge is 0.394 e. The fourth-order valence-corrected chi connectivity index (χ4v) is 1.44. The molecule has 3 heteroatoms. The van der Waals surface area contributed by atoms with E-state index in [4.69, 9.17) is 9.84 Å². The highest BCUT2D eigenvalue weighted by atomic mass is 16.5. The van der Waals surface area contributed by atoms with Gasteiger partial charge in [-0.05, 0) is 25.5 Å². The molecule has 1 rings (SSSR count). The molecule has 0 saturated carbocycles. The van der Waals surface area contributed by atoms with E-state index in [2.05, 4.69) is 37.4 Å². The van der Waals surface area contributed by atoms with Crippen LogP contribution < -0.4 is 5.32 Å². The maximum atomic E-state index is 8.51. The maximum Gasteiger partial charge on any atom is 0.0698 e. The summed E-state index contributed by atoms with van der Waals surface area (Å²) in [5.74, 6) is 0. The summed E-state index contributed by atoms with van der Waals surface area (Å²) >= 11 is 0. The van der Waals surface area contributed by atoms with Crippen LogP contribution in [-0.2, 0) is 4.74 Å². The van der Waals surface area contributed by atoms with E-state index in [1.165, 1.54) is 11.1 Å². The molecule has 0 aliphatic heterocycles. The van der Waals surface area contributed by atoms with Crippen LogP contribution in [0.25, 0.3) is 0 Å². The van der Waals surface area contributed by atoms with Crippen LogP contribution in [0.2, 0.25) is 0 Å². The van der Waals surface area contributed by atoms with Crippen molar-refractivity contribution in [3.63, 3.8) is 0 Å². The van der Waals surface area contributed by atoms with Crippen LogP contribution in [-0.4, -0.2) is 31.5 Å². The lowest BCUT2D eigenvalue weighted by molar-refractivity contribution is 0.0992. The van der Waals surface area contributed by atoms with Crippen LogP contribution >= 0.6 is 0 Å². The Morgan fingerprint density at radius 3 is 2.73 bits per heavy atom. The highest BCUT2D eigenvalue weighted by molar-refractivity contribution is 5.51. The second kappa shape index (κ2) is 6.43. The summed E-state index contributed by atoms with van der Waals surface area (Å²) in [6.07, 6.45) is 0. The fourth-order valence-electron chi connectivity index (χ4n) is 1.44. The zero-order valence-corrected chi connectivity index (χ0v) is 9.42. The normalized spacial score (nSPS) is 10.3. The second-order valence-electron chi connectivity index (χ2n) is 3.58. The van der Waals surface area contributed by atoms with E-state index in [0.717, 1.165) is 12.2 Å². The van der Waals surface area contributed by atoms with Gasteiger partial charge >= 0.3 is 0 Å². The lowest BCUT2D eigenvalue weighted by Gasteiger charge is -2.10. The third kappa shape index (κ3) is 4.32. The number of hydrogen-bond donors (Lipinski definition) is 2. The minimum absolute atomic E-state index is 0.0869.